The van der Waals surface area contributed by atoms with Crippen LogP contribution in [0.4, 0.5) is 28.2 Å². The molecule has 0 aliphatic rings. The number of nitrogens with zero attached hydrogens (tertiary/aromatic N) is 16. The van der Waals surface area contributed by atoms with Crippen molar-refractivity contribution in [1.82, 2.24) is 84.5 Å². The van der Waals surface area contributed by atoms with E-state index < -0.39 is 73.9 Å². The number of amides is 4. The summed E-state index contributed by atoms with van der Waals surface area (Å²) in [5.41, 5.74) is 2.85. The normalized spacial score (nSPS) is 11.2. The second-order valence-electron chi connectivity index (χ2n) is 25.4. The van der Waals surface area contributed by atoms with Crippen molar-refractivity contribution in [3.05, 3.63) is 295 Å². The van der Waals surface area contributed by atoms with Gasteiger partial charge >= 0.3 is 0 Å². The molecule has 8 heterocycles. The molecule has 0 spiro atoms. The fourth-order valence-electron chi connectivity index (χ4n) is 10.5. The summed E-state index contributed by atoms with van der Waals surface area (Å²) in [5, 5.41) is 19.6. The van der Waals surface area contributed by atoms with Gasteiger partial charge in [-0.2, -0.15) is 39.9 Å². The molecule has 6 aromatic carbocycles. The van der Waals surface area contributed by atoms with E-state index in [2.05, 4.69) is 106 Å². The van der Waals surface area contributed by atoms with Gasteiger partial charge < -0.3 is 5.11 Å². The second kappa shape index (κ2) is 37.7. The Labute approximate surface area is 680 Å². The molecule has 0 fully saturated rings. The lowest BCUT2D eigenvalue weighted by Gasteiger charge is -2.10. The van der Waals surface area contributed by atoms with Crippen LogP contribution in [-0.2, 0) is 39.5 Å². The first kappa shape index (κ1) is 85.2. The van der Waals surface area contributed by atoms with Gasteiger partial charge in [0.2, 0.25) is 53.5 Å². The summed E-state index contributed by atoms with van der Waals surface area (Å²) in [5.74, 6) is -0.0689. The van der Waals surface area contributed by atoms with Gasteiger partial charge in [0.1, 0.15) is 62.5 Å². The minimum absolute atomic E-state index is 0.0215. The molecule has 14 aromatic rings. The molecular weight excluding hydrogens is 1610 g/mol. The van der Waals surface area contributed by atoms with Gasteiger partial charge in [0, 0.05) is 59.3 Å². The molecule has 0 saturated carbocycles. The molecule has 0 saturated heterocycles. The monoisotopic (exact) mass is 1680 g/mol. The first-order chi connectivity index (χ1) is 56.7. The van der Waals surface area contributed by atoms with Crippen molar-refractivity contribution in [3.63, 3.8) is 0 Å². The van der Waals surface area contributed by atoms with Crippen molar-refractivity contribution in [1.29, 1.82) is 0 Å². The van der Waals surface area contributed by atoms with Crippen LogP contribution in [0, 0.1) is 33.5 Å². The molecule has 119 heavy (non-hydrogen) atoms. The third-order valence-corrected chi connectivity index (χ3v) is 22.3. The number of rotatable bonds is 20. The van der Waals surface area contributed by atoms with Crippen LogP contribution in [-0.4, -0.2) is 154 Å². The van der Waals surface area contributed by atoms with E-state index in [1.54, 1.807) is 145 Å². The number of aryl methyl sites for hydroxylation is 4. The van der Waals surface area contributed by atoms with Crippen molar-refractivity contribution in [2.75, 3.05) is 27.5 Å². The molecule has 39 heteroatoms. The van der Waals surface area contributed by atoms with Gasteiger partial charge in [0.15, 0.2) is 33.1 Å². The Morgan fingerprint density at radius 2 is 0.613 bits per heavy atom. The van der Waals surface area contributed by atoms with Gasteiger partial charge in [-0.3, -0.25) is 60.4 Å². The summed E-state index contributed by atoms with van der Waals surface area (Å²) in [4.78, 5) is 117. The fourth-order valence-corrected chi connectivity index (χ4v) is 15.0. The van der Waals surface area contributed by atoms with Gasteiger partial charge in [-0.25, -0.2) is 62.7 Å². The van der Waals surface area contributed by atoms with Gasteiger partial charge in [-0.1, -0.05) is 42.5 Å². The molecule has 0 aliphatic heterocycles. The molecular formula is C80H68FN21O13S4. The number of aromatic hydroxyl groups is 1. The Morgan fingerprint density at radius 3 is 0.899 bits per heavy atom. The second-order valence-corrected chi connectivity index (χ2v) is 33.0. The number of anilines is 4. The number of sulfonamides is 1. The number of sulfone groups is 3. The van der Waals surface area contributed by atoms with Gasteiger partial charge in [-0.15, -0.1) is 0 Å². The average Bonchev–Trinajstić information content (AvgIpc) is 0.822. The van der Waals surface area contributed by atoms with Crippen molar-refractivity contribution >= 4 is 87.0 Å². The number of aromatic nitrogens is 16. The number of phenols is 1. The molecule has 0 unspecified atom stereocenters. The van der Waals surface area contributed by atoms with E-state index >= 15 is 0 Å². The number of carbonyl (C=O) groups is 4. The van der Waals surface area contributed by atoms with E-state index in [-0.39, 0.29) is 88.1 Å². The third kappa shape index (κ3) is 22.9. The Balaban J connectivity index is 0.000000156. The van der Waals surface area contributed by atoms with Crippen LogP contribution < -0.4 is 26.0 Å². The zero-order valence-corrected chi connectivity index (χ0v) is 66.9. The van der Waals surface area contributed by atoms with Crippen molar-refractivity contribution in [3.8, 4) is 51.8 Å². The van der Waals surface area contributed by atoms with Crippen molar-refractivity contribution < 1.29 is 62.3 Å². The number of halogens is 1. The van der Waals surface area contributed by atoms with Crippen LogP contribution in [0.25, 0.3) is 46.1 Å². The lowest BCUT2D eigenvalue weighted by molar-refractivity contribution is 0.101. The predicted octanol–water partition coefficient (Wildman–Crippen LogP) is 10.6. The minimum Gasteiger partial charge on any atom is -0.508 e. The highest BCUT2D eigenvalue weighted by Crippen LogP contribution is 2.27. The third-order valence-electron chi connectivity index (χ3n) is 15.9. The summed E-state index contributed by atoms with van der Waals surface area (Å²) < 4.78 is 115. The predicted molar refractivity (Wildman–Crippen MR) is 433 cm³/mol. The molecule has 602 valence electrons. The minimum atomic E-state index is -3.78. The van der Waals surface area contributed by atoms with Crippen LogP contribution in [0.2, 0.25) is 0 Å². The largest absolute Gasteiger partial charge is 0.508 e. The first-order valence-electron chi connectivity index (χ1n) is 35.2. The maximum atomic E-state index is 14.0. The topological polar surface area (TPSA) is 491 Å². The van der Waals surface area contributed by atoms with E-state index in [1.807, 2.05) is 12.1 Å². The van der Waals surface area contributed by atoms with Gasteiger partial charge in [0.05, 0.1) is 24.5 Å². The highest BCUT2D eigenvalue weighted by Gasteiger charge is 2.24. The van der Waals surface area contributed by atoms with Crippen molar-refractivity contribution in [2.24, 2.45) is 0 Å². The molecule has 0 radical (unpaired) electrons. The Kier molecular flexibility index (Phi) is 27.0. The smallest absolute Gasteiger partial charge is 0.258 e. The van der Waals surface area contributed by atoms with Crippen LogP contribution in [0.15, 0.2) is 273 Å². The van der Waals surface area contributed by atoms with E-state index in [1.165, 1.54) is 115 Å². The van der Waals surface area contributed by atoms with Crippen LogP contribution >= 0.6 is 0 Å². The Morgan fingerprint density at radius 1 is 0.336 bits per heavy atom. The van der Waals surface area contributed by atoms with E-state index in [0.717, 1.165) is 18.4 Å². The molecule has 34 nitrogen and oxygen atoms in total. The molecule has 14 rings (SSSR count). The van der Waals surface area contributed by atoms with Crippen LogP contribution in [0.5, 0.6) is 5.75 Å². The first-order valence-corrected chi connectivity index (χ1v) is 41.6. The Bertz CT molecular complexity index is 6520. The van der Waals surface area contributed by atoms with E-state index in [4.69, 9.17) is 0 Å². The molecule has 0 atom stereocenters. The van der Waals surface area contributed by atoms with Gasteiger partial charge in [-0.05, 0) is 217 Å². The molecule has 4 amide bonds. The summed E-state index contributed by atoms with van der Waals surface area (Å²) >= 11 is 0. The highest BCUT2D eigenvalue weighted by atomic mass is 32.2. The lowest BCUT2D eigenvalue weighted by Crippen LogP contribution is -2.30. The summed E-state index contributed by atoms with van der Waals surface area (Å²) in [6.07, 6.45) is 7.32. The summed E-state index contributed by atoms with van der Waals surface area (Å²) in [7, 11) is -14.8. The molecule has 8 aromatic heterocycles. The van der Waals surface area contributed by atoms with E-state index in [0.29, 0.717) is 63.5 Å². The average molecular weight is 1680 g/mol. The number of carbonyl (C=O) groups excluding carboxylic acids is 4. The number of benzene rings is 6. The number of hydrogen-bond donors (Lipinski definition) is 6. The zero-order chi connectivity index (χ0) is 85.2. The van der Waals surface area contributed by atoms with E-state index in [9.17, 15) is 62.3 Å². The summed E-state index contributed by atoms with van der Waals surface area (Å²) in [6.45, 7) is 10.1. The number of nitrogens with one attached hydrogen (secondary N) is 5. The maximum absolute atomic E-state index is 14.0. The van der Waals surface area contributed by atoms with Gasteiger partial charge in [0.25, 0.3) is 23.6 Å². The number of phenolic OH excluding ortho intramolecular Hbond substituents is 1. The standard InChI is InChI=1S/C22H17N5O4S.C22H17N5O3S.C19H20N6O3S.C17H14FN5O3S/c1-14-24-20(19-4-2-3-13-23-19)26-22(25-14)27-21(29)15-5-9-17(10-6-15)32(30,31)18-11-7-16(28)8-12-18;1-15-24-20(19-9-5-6-14-23-19)26-22(25-15)27-21(28)16-10-12-18(13-11-16)31(29,30)17-7-3-2-4-8-17;1-12(2)25-29(27,28)15-9-7-14(8-10-15)18(26)24-19-22-13(3)21-17(23-19)16-6-4-5-11-20-16;1-10-20-15(13-5-3-4-8-19-13)22-17(21-10)23-16(24)11-6-7-14(12(18)9-11)27(2,25)26/h2-13,28H,1H3,(H,24,25,26,27,29);2-14H,1H3,(H,24,25,26,27,28);4-12,25H,1-3H3,(H,21,22,23,24,26);3-9H,1-2H3,(H,20,21,22,23,24). The fraction of sp³-hybridized carbons (Fsp3) is 0.100. The highest BCUT2D eigenvalue weighted by molar-refractivity contribution is 7.92. The summed E-state index contributed by atoms with van der Waals surface area (Å²) in [6, 6.07) is 54.2. The number of pyridine rings is 4. The van der Waals surface area contributed by atoms with Crippen molar-refractivity contribution in [2.45, 2.75) is 77.0 Å². The molecule has 6 N–H and O–H groups in total. The van der Waals surface area contributed by atoms with Crippen LogP contribution in [0.1, 0.15) is 78.6 Å². The SMILES string of the molecule is Cc1nc(NC(=O)c2ccc(S(=O)(=O)NC(C)C)cc2)nc(-c2ccccn2)n1.Cc1nc(NC(=O)c2ccc(S(=O)(=O)c3ccc(O)cc3)cc2)nc(-c2ccccn2)n1.Cc1nc(NC(=O)c2ccc(S(=O)(=O)c3ccccc3)cc2)nc(-c2ccccn2)n1.Cc1nc(NC(=O)c2ccc(S(C)(=O)=O)c(F)c2)nc(-c2ccccn2)n1. The Hall–Kier alpha value is -14.7. The zero-order valence-electron chi connectivity index (χ0n) is 63.7. The maximum Gasteiger partial charge on any atom is 0.258 e. The molecule has 0 bridgehead atoms. The molecule has 0 aliphatic carbocycles. The number of hydrogen-bond acceptors (Lipinski definition) is 29. The lowest BCUT2D eigenvalue weighted by atomic mass is 10.2. The van der Waals surface area contributed by atoms with Crippen LogP contribution in [0.3, 0.4) is 0 Å². The quantitative estimate of drug-likeness (QED) is 0.0413.